The zero-order valence-corrected chi connectivity index (χ0v) is 8.82. The molecule has 0 unspecified atom stereocenters. The van der Waals surface area contributed by atoms with Crippen molar-refractivity contribution in [3.05, 3.63) is 39.2 Å². The highest BCUT2D eigenvalue weighted by Crippen LogP contribution is 2.25. The summed E-state index contributed by atoms with van der Waals surface area (Å²) in [7, 11) is 1.17. The predicted molar refractivity (Wildman–Crippen MR) is 53.5 cm³/mol. The number of nitro benzene ring substituents is 1. The quantitative estimate of drug-likeness (QED) is 0.448. The van der Waals surface area contributed by atoms with Gasteiger partial charge in [0.2, 0.25) is 5.82 Å². The van der Waals surface area contributed by atoms with E-state index in [1.807, 2.05) is 0 Å². The van der Waals surface area contributed by atoms with Gasteiger partial charge in [-0.05, 0) is 6.92 Å². The van der Waals surface area contributed by atoms with Gasteiger partial charge in [-0.3, -0.25) is 14.9 Å². The number of carbonyl (C=O) groups excluding carboxylic acids is 1. The number of aryl methyl sites for hydroxylation is 1. The van der Waals surface area contributed by atoms with Gasteiger partial charge in [-0.2, -0.15) is 4.39 Å². The van der Waals surface area contributed by atoms with Crippen LogP contribution in [0.5, 0.6) is 0 Å². The minimum absolute atomic E-state index is 0.0378. The highest BCUT2D eigenvalue weighted by Gasteiger charge is 2.22. The number of nitrogens with zero attached hydrogens (tertiary/aromatic N) is 1. The fraction of sp³-hybridized carbons (Fsp3) is 0.300. The fourth-order valence-electron chi connectivity index (χ4n) is 1.29. The van der Waals surface area contributed by atoms with Crippen LogP contribution < -0.4 is 0 Å². The van der Waals surface area contributed by atoms with Crippen LogP contribution in [-0.4, -0.2) is 18.0 Å². The van der Waals surface area contributed by atoms with E-state index in [1.54, 1.807) is 0 Å². The first-order chi connectivity index (χ1) is 7.47. The van der Waals surface area contributed by atoms with E-state index in [9.17, 15) is 19.3 Å². The third-order valence-electron chi connectivity index (χ3n) is 2.14. The Morgan fingerprint density at radius 1 is 1.56 bits per heavy atom. The van der Waals surface area contributed by atoms with E-state index in [4.69, 9.17) is 0 Å². The maximum Gasteiger partial charge on any atom is 0.310 e. The second kappa shape index (κ2) is 4.69. The first kappa shape index (κ1) is 12.1. The van der Waals surface area contributed by atoms with Crippen molar-refractivity contribution in [1.82, 2.24) is 0 Å². The van der Waals surface area contributed by atoms with Crippen LogP contribution in [0.15, 0.2) is 12.1 Å². The minimum Gasteiger partial charge on any atom is -0.469 e. The molecule has 0 aliphatic heterocycles. The average Bonchev–Trinajstić information content (AvgIpc) is 2.21. The van der Waals surface area contributed by atoms with Crippen molar-refractivity contribution in [2.24, 2.45) is 0 Å². The van der Waals surface area contributed by atoms with E-state index < -0.39 is 22.4 Å². The Morgan fingerprint density at radius 2 is 2.19 bits per heavy atom. The summed E-state index contributed by atoms with van der Waals surface area (Å²) >= 11 is 0. The van der Waals surface area contributed by atoms with Gasteiger partial charge >= 0.3 is 11.7 Å². The average molecular weight is 227 g/mol. The molecular formula is C10H10FNO4. The van der Waals surface area contributed by atoms with Gasteiger partial charge in [0.05, 0.1) is 18.5 Å². The maximum absolute atomic E-state index is 13.6. The van der Waals surface area contributed by atoms with Crippen LogP contribution in [0, 0.1) is 22.9 Å². The fourth-order valence-corrected chi connectivity index (χ4v) is 1.29. The lowest BCUT2D eigenvalue weighted by Crippen LogP contribution is -2.08. The summed E-state index contributed by atoms with van der Waals surface area (Å²) in [5.74, 6) is -1.62. The number of esters is 1. The van der Waals surface area contributed by atoms with Crippen LogP contribution >= 0.6 is 0 Å². The number of nitro groups is 1. The molecule has 0 radical (unpaired) electrons. The molecule has 0 bridgehead atoms. The van der Waals surface area contributed by atoms with Gasteiger partial charge in [0.25, 0.3) is 0 Å². The molecule has 1 aromatic carbocycles. The van der Waals surface area contributed by atoms with Crippen molar-refractivity contribution < 1.29 is 18.8 Å². The Hall–Kier alpha value is -1.98. The first-order valence-corrected chi connectivity index (χ1v) is 4.46. The van der Waals surface area contributed by atoms with Gasteiger partial charge in [-0.1, -0.05) is 12.1 Å². The third-order valence-corrected chi connectivity index (χ3v) is 2.14. The molecule has 86 valence electrons. The second-order valence-corrected chi connectivity index (χ2v) is 3.21. The number of hydrogen-bond donors (Lipinski definition) is 0. The molecule has 0 saturated carbocycles. The Kier molecular flexibility index (Phi) is 3.55. The Morgan fingerprint density at radius 3 is 2.69 bits per heavy atom. The number of methoxy groups -OCH3 is 1. The number of benzene rings is 1. The molecule has 16 heavy (non-hydrogen) atoms. The molecule has 0 N–H and O–H groups in total. The van der Waals surface area contributed by atoms with Crippen LogP contribution in [0.1, 0.15) is 11.1 Å². The molecule has 5 nitrogen and oxygen atoms in total. The lowest BCUT2D eigenvalue weighted by Gasteiger charge is -2.04. The molecule has 0 saturated heterocycles. The molecule has 0 aliphatic rings. The van der Waals surface area contributed by atoms with Gasteiger partial charge in [-0.15, -0.1) is 0 Å². The SMILES string of the molecule is COC(=O)Cc1ccc(C)c([N+](=O)[O-])c1F. The summed E-state index contributed by atoms with van der Waals surface area (Å²) in [4.78, 5) is 20.7. The molecular weight excluding hydrogens is 217 g/mol. The normalized spacial score (nSPS) is 9.94. The van der Waals surface area contributed by atoms with Crippen LogP contribution in [-0.2, 0) is 16.0 Å². The molecule has 0 fully saturated rings. The molecule has 1 aromatic rings. The number of halogens is 1. The van der Waals surface area contributed by atoms with Gasteiger partial charge in [-0.25, -0.2) is 0 Å². The molecule has 0 heterocycles. The first-order valence-electron chi connectivity index (χ1n) is 4.46. The predicted octanol–water partition coefficient (Wildman–Crippen LogP) is 1.76. The second-order valence-electron chi connectivity index (χ2n) is 3.21. The van der Waals surface area contributed by atoms with Gasteiger partial charge in [0, 0.05) is 11.1 Å². The molecule has 0 aromatic heterocycles. The molecule has 0 atom stereocenters. The summed E-state index contributed by atoms with van der Waals surface area (Å²) in [6.45, 7) is 1.43. The molecule has 1 rings (SSSR count). The number of hydrogen-bond acceptors (Lipinski definition) is 4. The summed E-state index contributed by atoms with van der Waals surface area (Å²) in [5.41, 5.74) is -0.415. The highest BCUT2D eigenvalue weighted by molar-refractivity contribution is 5.73. The van der Waals surface area contributed by atoms with Crippen molar-refractivity contribution in [3.8, 4) is 0 Å². The van der Waals surface area contributed by atoms with Crippen molar-refractivity contribution in [2.45, 2.75) is 13.3 Å². The Bertz CT molecular complexity index is 445. The van der Waals surface area contributed by atoms with Crippen molar-refractivity contribution in [3.63, 3.8) is 0 Å². The minimum atomic E-state index is -0.976. The van der Waals surface area contributed by atoms with E-state index in [0.717, 1.165) is 0 Å². The Labute approximate surface area is 91.0 Å². The third kappa shape index (κ3) is 2.33. The Balaban J connectivity index is 3.18. The van der Waals surface area contributed by atoms with E-state index in [0.29, 0.717) is 0 Å². The zero-order valence-electron chi connectivity index (χ0n) is 8.82. The van der Waals surface area contributed by atoms with E-state index in [-0.39, 0.29) is 17.5 Å². The molecule has 0 spiro atoms. The van der Waals surface area contributed by atoms with E-state index >= 15 is 0 Å². The number of ether oxygens (including phenoxy) is 1. The summed E-state index contributed by atoms with van der Waals surface area (Å²) < 4.78 is 18.0. The maximum atomic E-state index is 13.6. The standard InChI is InChI=1S/C10H10FNO4/c1-6-3-4-7(5-8(13)16-2)9(11)10(6)12(14)15/h3-4H,5H2,1-2H3. The van der Waals surface area contributed by atoms with Crippen LogP contribution in [0.2, 0.25) is 0 Å². The van der Waals surface area contributed by atoms with Crippen molar-refractivity contribution in [1.29, 1.82) is 0 Å². The zero-order chi connectivity index (χ0) is 12.3. The van der Waals surface area contributed by atoms with Crippen molar-refractivity contribution in [2.75, 3.05) is 7.11 Å². The van der Waals surface area contributed by atoms with Crippen LogP contribution in [0.25, 0.3) is 0 Å². The summed E-state index contributed by atoms with van der Waals surface area (Å²) in [5, 5.41) is 10.6. The monoisotopic (exact) mass is 227 g/mol. The summed E-state index contributed by atoms with van der Waals surface area (Å²) in [6.07, 6.45) is -0.316. The van der Waals surface area contributed by atoms with Crippen LogP contribution in [0.3, 0.4) is 0 Å². The van der Waals surface area contributed by atoms with Gasteiger partial charge < -0.3 is 4.74 Å². The molecule has 0 aliphatic carbocycles. The number of rotatable bonds is 3. The molecule has 0 amide bonds. The van der Waals surface area contributed by atoms with Crippen molar-refractivity contribution >= 4 is 11.7 Å². The van der Waals surface area contributed by atoms with E-state index in [1.165, 1.54) is 26.2 Å². The smallest absolute Gasteiger partial charge is 0.310 e. The summed E-state index contributed by atoms with van der Waals surface area (Å²) in [6, 6.07) is 2.74. The van der Waals surface area contributed by atoms with E-state index in [2.05, 4.69) is 4.74 Å². The topological polar surface area (TPSA) is 69.4 Å². The van der Waals surface area contributed by atoms with Gasteiger partial charge in [0.1, 0.15) is 0 Å². The van der Waals surface area contributed by atoms with Crippen LogP contribution in [0.4, 0.5) is 10.1 Å². The largest absolute Gasteiger partial charge is 0.469 e. The lowest BCUT2D eigenvalue weighted by molar-refractivity contribution is -0.388. The lowest BCUT2D eigenvalue weighted by atomic mass is 10.1. The molecule has 6 heteroatoms. The number of carbonyl (C=O) groups is 1. The van der Waals surface area contributed by atoms with Gasteiger partial charge in [0.15, 0.2) is 0 Å². The highest BCUT2D eigenvalue weighted by atomic mass is 19.1.